The van der Waals surface area contributed by atoms with Crippen LogP contribution in [0, 0.1) is 0 Å². The molecule has 5 aromatic carbocycles. The van der Waals surface area contributed by atoms with E-state index >= 15 is 0 Å². The molecule has 47 heavy (non-hydrogen) atoms. The Bertz CT molecular complexity index is 1870. The number of aromatic nitrogens is 2. The molecule has 1 aliphatic rings. The Kier molecular flexibility index (Phi) is 8.11. The molecule has 0 saturated carbocycles. The maximum Gasteiger partial charge on any atom is 0.407 e. The number of carbonyl (C=O) groups is 2. The first kappa shape index (κ1) is 29.7. The van der Waals surface area contributed by atoms with Crippen LogP contribution >= 0.6 is 0 Å². The molecular formula is C40H33N3O4. The maximum absolute atomic E-state index is 13.2. The van der Waals surface area contributed by atoms with Crippen molar-refractivity contribution >= 4 is 12.1 Å². The van der Waals surface area contributed by atoms with Gasteiger partial charge in [-0.3, -0.25) is 0 Å². The minimum absolute atomic E-state index is 0.0201. The van der Waals surface area contributed by atoms with Crippen LogP contribution in [0.25, 0.3) is 11.1 Å². The molecule has 0 unspecified atom stereocenters. The molecule has 1 aliphatic carbocycles. The van der Waals surface area contributed by atoms with Gasteiger partial charge in [-0.05, 0) is 38.9 Å². The predicted molar refractivity (Wildman–Crippen MR) is 180 cm³/mol. The number of amides is 1. The molecule has 0 spiro atoms. The maximum atomic E-state index is 13.2. The van der Waals surface area contributed by atoms with Crippen molar-refractivity contribution in [1.29, 1.82) is 0 Å². The van der Waals surface area contributed by atoms with E-state index in [0.717, 1.165) is 38.9 Å². The summed E-state index contributed by atoms with van der Waals surface area (Å²) in [5, 5.41) is 12.9. The average Bonchev–Trinajstić information content (AvgIpc) is 3.71. The molecule has 7 nitrogen and oxygen atoms in total. The second-order valence-corrected chi connectivity index (χ2v) is 11.6. The Morgan fingerprint density at radius 2 is 1.19 bits per heavy atom. The van der Waals surface area contributed by atoms with Gasteiger partial charge in [0.15, 0.2) is 0 Å². The zero-order chi connectivity index (χ0) is 32.2. The van der Waals surface area contributed by atoms with Crippen molar-refractivity contribution in [3.63, 3.8) is 0 Å². The number of carboxylic acids is 1. The van der Waals surface area contributed by atoms with Gasteiger partial charge in [0.05, 0.1) is 6.33 Å². The number of carboxylic acid groups (broad SMARTS) is 1. The number of ether oxygens (including phenoxy) is 1. The van der Waals surface area contributed by atoms with Gasteiger partial charge in [0.2, 0.25) is 0 Å². The summed E-state index contributed by atoms with van der Waals surface area (Å²) in [7, 11) is 0. The summed E-state index contributed by atoms with van der Waals surface area (Å²) in [5.41, 5.74) is 7.10. The normalized spacial score (nSPS) is 12.9. The van der Waals surface area contributed by atoms with Crippen LogP contribution in [0.15, 0.2) is 152 Å². The fourth-order valence-corrected chi connectivity index (χ4v) is 6.92. The number of nitrogens with zero attached hydrogens (tertiary/aromatic N) is 2. The van der Waals surface area contributed by atoms with E-state index in [9.17, 15) is 14.7 Å². The van der Waals surface area contributed by atoms with Gasteiger partial charge in [-0.2, -0.15) is 0 Å². The largest absolute Gasteiger partial charge is 0.480 e. The van der Waals surface area contributed by atoms with Crippen molar-refractivity contribution in [2.24, 2.45) is 0 Å². The van der Waals surface area contributed by atoms with Crippen molar-refractivity contribution in [2.45, 2.75) is 23.9 Å². The SMILES string of the molecule is O=C(N[C@H](Cc1cncn1C(c1ccccc1)(c1ccccc1)c1ccccc1)C(=O)O)OCC1c2ccccc2-c2ccccc21. The van der Waals surface area contributed by atoms with E-state index in [2.05, 4.69) is 58.8 Å². The Balaban J connectivity index is 1.19. The quantitative estimate of drug-likeness (QED) is 0.158. The molecule has 1 aromatic heterocycles. The third-order valence-corrected chi connectivity index (χ3v) is 9.00. The number of alkyl carbamates (subject to hydrolysis) is 1. The van der Waals surface area contributed by atoms with E-state index in [0.29, 0.717) is 5.69 Å². The fraction of sp³-hybridized carbons (Fsp3) is 0.125. The highest BCUT2D eigenvalue weighted by Crippen LogP contribution is 2.45. The molecule has 0 bridgehead atoms. The number of hydrogen-bond acceptors (Lipinski definition) is 4. The Hall–Kier alpha value is -5.95. The summed E-state index contributed by atoms with van der Waals surface area (Å²) >= 11 is 0. The molecule has 232 valence electrons. The molecular weight excluding hydrogens is 586 g/mol. The van der Waals surface area contributed by atoms with Gasteiger partial charge in [0.1, 0.15) is 18.2 Å². The van der Waals surface area contributed by atoms with Crippen molar-refractivity contribution in [2.75, 3.05) is 6.61 Å². The molecule has 0 saturated heterocycles. The molecule has 7 heteroatoms. The number of hydrogen-bond donors (Lipinski definition) is 2. The number of imidazole rings is 1. The van der Waals surface area contributed by atoms with E-state index in [1.54, 1.807) is 12.5 Å². The summed E-state index contributed by atoms with van der Waals surface area (Å²) in [4.78, 5) is 30.3. The molecule has 2 N–H and O–H groups in total. The van der Waals surface area contributed by atoms with E-state index in [4.69, 9.17) is 4.74 Å². The highest BCUT2D eigenvalue weighted by Gasteiger charge is 2.40. The van der Waals surface area contributed by atoms with Crippen LogP contribution in [-0.2, 0) is 21.5 Å². The Morgan fingerprint density at radius 3 is 1.68 bits per heavy atom. The van der Waals surface area contributed by atoms with Crippen LogP contribution in [0.4, 0.5) is 4.79 Å². The minimum atomic E-state index is -1.26. The van der Waals surface area contributed by atoms with Crippen LogP contribution in [0.5, 0.6) is 0 Å². The lowest BCUT2D eigenvalue weighted by Crippen LogP contribution is -2.44. The summed E-state index contributed by atoms with van der Waals surface area (Å²) < 4.78 is 7.73. The summed E-state index contributed by atoms with van der Waals surface area (Å²) in [6.45, 7) is 0.0866. The van der Waals surface area contributed by atoms with Gasteiger partial charge in [0.25, 0.3) is 0 Å². The topological polar surface area (TPSA) is 93.5 Å². The third kappa shape index (κ3) is 5.46. The van der Waals surface area contributed by atoms with Gasteiger partial charge >= 0.3 is 12.1 Å². The van der Waals surface area contributed by atoms with E-state index < -0.39 is 23.6 Å². The Labute approximate surface area is 273 Å². The van der Waals surface area contributed by atoms with Crippen LogP contribution in [0.1, 0.15) is 39.4 Å². The number of rotatable bonds is 10. The first-order chi connectivity index (χ1) is 23.1. The second kappa shape index (κ2) is 12.8. The van der Waals surface area contributed by atoms with E-state index in [1.807, 2.05) is 95.6 Å². The molecule has 1 heterocycles. The highest BCUT2D eigenvalue weighted by molar-refractivity contribution is 5.81. The van der Waals surface area contributed by atoms with Gasteiger partial charge < -0.3 is 19.7 Å². The molecule has 0 aliphatic heterocycles. The first-order valence-corrected chi connectivity index (χ1v) is 15.6. The number of nitrogens with one attached hydrogen (secondary N) is 1. The smallest absolute Gasteiger partial charge is 0.407 e. The lowest BCUT2D eigenvalue weighted by Gasteiger charge is -2.39. The predicted octanol–water partition coefficient (Wildman–Crippen LogP) is 7.26. The summed E-state index contributed by atoms with van der Waals surface area (Å²) in [6.07, 6.45) is 2.59. The third-order valence-electron chi connectivity index (χ3n) is 9.00. The van der Waals surface area contributed by atoms with Gasteiger partial charge in [-0.15, -0.1) is 0 Å². The monoisotopic (exact) mass is 619 g/mol. The molecule has 0 fully saturated rings. The van der Waals surface area contributed by atoms with Crippen molar-refractivity contribution in [3.8, 4) is 11.1 Å². The van der Waals surface area contributed by atoms with Crippen LogP contribution < -0.4 is 5.32 Å². The van der Waals surface area contributed by atoms with E-state index in [-0.39, 0.29) is 18.9 Å². The van der Waals surface area contributed by atoms with Crippen molar-refractivity contribution in [1.82, 2.24) is 14.9 Å². The average molecular weight is 620 g/mol. The Morgan fingerprint density at radius 1 is 0.723 bits per heavy atom. The lowest BCUT2D eigenvalue weighted by atomic mass is 9.76. The van der Waals surface area contributed by atoms with Crippen LogP contribution in [-0.4, -0.2) is 39.4 Å². The van der Waals surface area contributed by atoms with Gasteiger partial charge in [-0.1, -0.05) is 140 Å². The lowest BCUT2D eigenvalue weighted by molar-refractivity contribution is -0.139. The molecule has 0 radical (unpaired) electrons. The molecule has 1 amide bonds. The number of carbonyl (C=O) groups excluding carboxylic acids is 1. The van der Waals surface area contributed by atoms with Crippen molar-refractivity contribution in [3.05, 3.63) is 186 Å². The first-order valence-electron chi connectivity index (χ1n) is 15.6. The van der Waals surface area contributed by atoms with Crippen LogP contribution in [0.2, 0.25) is 0 Å². The number of aliphatic carboxylic acids is 1. The summed E-state index contributed by atoms with van der Waals surface area (Å²) in [6, 6.07) is 45.1. The zero-order valence-corrected chi connectivity index (χ0v) is 25.6. The van der Waals surface area contributed by atoms with Crippen LogP contribution in [0.3, 0.4) is 0 Å². The van der Waals surface area contributed by atoms with Gasteiger partial charge in [0, 0.05) is 24.2 Å². The highest BCUT2D eigenvalue weighted by atomic mass is 16.5. The van der Waals surface area contributed by atoms with Gasteiger partial charge in [-0.25, -0.2) is 14.6 Å². The molecule has 6 aromatic rings. The minimum Gasteiger partial charge on any atom is -0.480 e. The summed E-state index contributed by atoms with van der Waals surface area (Å²) in [5.74, 6) is -1.31. The molecule has 7 rings (SSSR count). The van der Waals surface area contributed by atoms with Crippen molar-refractivity contribution < 1.29 is 19.4 Å². The zero-order valence-electron chi connectivity index (χ0n) is 25.6. The standard InChI is InChI=1S/C40H33N3O4/c44-38(45)37(42-39(46)47-26-36-34-22-12-10-20-32(34)33-21-11-13-23-35(33)36)24-31-25-41-27-43(31)40(28-14-4-1-5-15-28,29-16-6-2-7-17-29)30-18-8-3-9-19-30/h1-23,25,27,36-37H,24,26H2,(H,42,46)(H,44,45)/t37-/m1/s1. The van der Waals surface area contributed by atoms with E-state index in [1.165, 1.54) is 0 Å². The number of benzene rings is 5. The second-order valence-electron chi connectivity index (χ2n) is 11.6. The number of fused-ring (bicyclic) bond motifs is 3. The fourth-order valence-electron chi connectivity index (χ4n) is 6.92. The molecule has 1 atom stereocenters.